The first-order valence-corrected chi connectivity index (χ1v) is 11.0. The van der Waals surface area contributed by atoms with Crippen LogP contribution in [0.5, 0.6) is 0 Å². The van der Waals surface area contributed by atoms with Gasteiger partial charge in [0.2, 0.25) is 0 Å². The minimum Gasteiger partial charge on any atom is -0.375 e. The monoisotopic (exact) mass is 485 g/mol. The second-order valence-corrected chi connectivity index (χ2v) is 8.48. The Morgan fingerprint density at radius 1 is 0.618 bits per heavy atom. The summed E-state index contributed by atoms with van der Waals surface area (Å²) in [6.45, 7) is 0. The predicted molar refractivity (Wildman–Crippen MR) is 136 cm³/mol. The van der Waals surface area contributed by atoms with Gasteiger partial charge in [-0.3, -0.25) is 0 Å². The molecule has 2 N–H and O–H groups in total. The molecule has 0 saturated heterocycles. The number of fused-ring (bicyclic) bond motifs is 8. The van der Waals surface area contributed by atoms with E-state index in [1.807, 2.05) is 18.2 Å². The number of nitrogens with zero attached hydrogens (tertiary/aromatic N) is 3. The Morgan fingerprint density at radius 2 is 1.21 bits per heavy atom. The molecule has 0 atom stereocenters. The number of aromatic amines is 2. The molecule has 2 aliphatic rings. The van der Waals surface area contributed by atoms with Gasteiger partial charge >= 0.3 is 0 Å². The number of aromatic nitrogens is 4. The number of rotatable bonds is 2. The Bertz CT molecular complexity index is 1590. The van der Waals surface area contributed by atoms with Gasteiger partial charge in [-0.15, -0.1) is 0 Å². The van der Waals surface area contributed by atoms with Crippen molar-refractivity contribution in [3.05, 3.63) is 107 Å². The molecule has 1 aromatic carbocycles. The van der Waals surface area contributed by atoms with Crippen LogP contribution >= 0.6 is 0 Å². The van der Waals surface area contributed by atoms with Crippen LogP contribution in [-0.4, -0.2) is 38.9 Å². The average Bonchev–Trinajstić information content (AvgIpc) is 3.58. The van der Waals surface area contributed by atoms with E-state index in [1.165, 1.54) is 0 Å². The number of H-pyrrole nitrogens is 2. The van der Waals surface area contributed by atoms with Crippen LogP contribution in [0.3, 0.4) is 0 Å². The summed E-state index contributed by atoms with van der Waals surface area (Å²) in [6, 6.07) is 27.1. The summed E-state index contributed by atoms with van der Waals surface area (Å²) in [7, 11) is 4.13. The van der Waals surface area contributed by atoms with Crippen LogP contribution in [0.4, 0.5) is 0 Å². The number of hydrogen-bond acceptors (Lipinski definition) is 3. The third kappa shape index (κ3) is 4.10. The number of benzene rings is 1. The first-order chi connectivity index (χ1) is 16.1. The fourth-order valence-electron chi connectivity index (χ4n) is 4.40. The molecule has 0 fully saturated rings. The first kappa shape index (κ1) is 22.0. The molecule has 168 valence electrons. The van der Waals surface area contributed by atoms with Crippen LogP contribution in [-0.2, 0) is 17.1 Å². The SMILES string of the molecule is CN(C)C1=C(c2ccccc2)c2cc3nc(cc4ccc(cc5ccc(cc1n2)[nH]5)[nH]4)C=C3.[Fe]. The summed E-state index contributed by atoms with van der Waals surface area (Å²) in [6.07, 6.45) is 4.08. The summed E-state index contributed by atoms with van der Waals surface area (Å²) < 4.78 is 0. The molecule has 0 unspecified atom stereocenters. The largest absolute Gasteiger partial charge is 0.375 e. The Balaban J connectivity index is 0.00000241. The van der Waals surface area contributed by atoms with Gasteiger partial charge in [0, 0.05) is 58.8 Å². The van der Waals surface area contributed by atoms with Crippen molar-refractivity contribution in [2.45, 2.75) is 0 Å². The van der Waals surface area contributed by atoms with Gasteiger partial charge in [0.05, 0.1) is 28.5 Å². The van der Waals surface area contributed by atoms with Gasteiger partial charge in [-0.25, -0.2) is 9.97 Å². The molecule has 0 spiro atoms. The van der Waals surface area contributed by atoms with Crippen LogP contribution in [0.15, 0.2) is 78.9 Å². The van der Waals surface area contributed by atoms with Crippen molar-refractivity contribution in [1.82, 2.24) is 24.8 Å². The summed E-state index contributed by atoms with van der Waals surface area (Å²) >= 11 is 0. The summed E-state index contributed by atoms with van der Waals surface area (Å²) in [5.74, 6) is 0. The van der Waals surface area contributed by atoms with Gasteiger partial charge in [-0.2, -0.15) is 0 Å². The topological polar surface area (TPSA) is 60.6 Å². The zero-order valence-corrected chi connectivity index (χ0v) is 20.0. The predicted octanol–water partition coefficient (Wildman–Crippen LogP) is 5.96. The quantitative estimate of drug-likeness (QED) is 0.304. The van der Waals surface area contributed by atoms with Gasteiger partial charge in [-0.05, 0) is 66.2 Å². The van der Waals surface area contributed by atoms with Crippen molar-refractivity contribution in [1.29, 1.82) is 0 Å². The third-order valence-electron chi connectivity index (χ3n) is 5.82. The zero-order valence-electron chi connectivity index (χ0n) is 18.9. The second-order valence-electron chi connectivity index (χ2n) is 8.48. The molecule has 4 aromatic rings. The summed E-state index contributed by atoms with van der Waals surface area (Å²) in [4.78, 5) is 19.0. The van der Waals surface area contributed by atoms with Crippen molar-refractivity contribution in [3.8, 4) is 0 Å². The van der Waals surface area contributed by atoms with Gasteiger partial charge in [0.1, 0.15) is 0 Å². The zero-order chi connectivity index (χ0) is 22.4. The van der Waals surface area contributed by atoms with Gasteiger partial charge in [0.25, 0.3) is 0 Å². The van der Waals surface area contributed by atoms with E-state index in [4.69, 9.17) is 9.97 Å². The van der Waals surface area contributed by atoms with Crippen LogP contribution in [0.2, 0.25) is 0 Å². The van der Waals surface area contributed by atoms with Gasteiger partial charge in [-0.1, -0.05) is 30.3 Å². The molecule has 6 heteroatoms. The van der Waals surface area contributed by atoms with Crippen LogP contribution < -0.4 is 0 Å². The second kappa shape index (κ2) is 8.82. The molecule has 5 nitrogen and oxygen atoms in total. The van der Waals surface area contributed by atoms with E-state index in [-0.39, 0.29) is 17.1 Å². The van der Waals surface area contributed by atoms with E-state index in [9.17, 15) is 0 Å². The molecule has 6 rings (SSSR count). The van der Waals surface area contributed by atoms with Crippen molar-refractivity contribution in [2.24, 2.45) is 0 Å². The van der Waals surface area contributed by atoms with Crippen molar-refractivity contribution >= 4 is 45.5 Å². The maximum Gasteiger partial charge on any atom is 0.0898 e. The normalized spacial score (nSPS) is 12.5. The summed E-state index contributed by atoms with van der Waals surface area (Å²) in [5.41, 5.74) is 11.1. The molecule has 3 aromatic heterocycles. The first-order valence-electron chi connectivity index (χ1n) is 11.0. The molecule has 0 aliphatic carbocycles. The van der Waals surface area contributed by atoms with Crippen molar-refractivity contribution < 1.29 is 17.1 Å². The number of hydrogen-bond donors (Lipinski definition) is 2. The Kier molecular flexibility index (Phi) is 5.70. The van der Waals surface area contributed by atoms with Gasteiger partial charge in [0.15, 0.2) is 0 Å². The third-order valence-corrected chi connectivity index (χ3v) is 5.82. The smallest absolute Gasteiger partial charge is 0.0898 e. The Labute approximate surface area is 208 Å². The molecular formula is C28H23FeN5. The minimum atomic E-state index is 0. The molecule has 2 aliphatic heterocycles. The molecule has 0 amide bonds. The van der Waals surface area contributed by atoms with Gasteiger partial charge < -0.3 is 14.9 Å². The fourth-order valence-corrected chi connectivity index (χ4v) is 4.40. The average molecular weight is 485 g/mol. The Morgan fingerprint density at radius 3 is 1.85 bits per heavy atom. The molecule has 8 bridgehead atoms. The van der Waals surface area contributed by atoms with E-state index >= 15 is 0 Å². The molecule has 5 heterocycles. The standard InChI is InChI=1S/C28H23N5.Fe/c1-33(2)28-26-17-24-13-11-22(31-24)15-20-9-8-19(29-20)14-21-10-12-23(30-21)16-25(32-26)27(28)18-6-4-3-5-7-18;/h3-17,29,31H,1-2H3;. The van der Waals surface area contributed by atoms with Crippen LogP contribution in [0, 0.1) is 0 Å². The minimum absolute atomic E-state index is 0. The maximum absolute atomic E-state index is 5.08. The Hall–Kier alpha value is -3.86. The van der Waals surface area contributed by atoms with E-state index in [1.54, 1.807) is 0 Å². The van der Waals surface area contributed by atoms with Crippen LogP contribution in [0.25, 0.3) is 45.5 Å². The van der Waals surface area contributed by atoms with Crippen molar-refractivity contribution in [2.75, 3.05) is 14.1 Å². The maximum atomic E-state index is 5.08. The van der Waals surface area contributed by atoms with E-state index < -0.39 is 0 Å². The molecule has 0 radical (unpaired) electrons. The van der Waals surface area contributed by atoms with Crippen LogP contribution in [0.1, 0.15) is 28.3 Å². The fraction of sp³-hybridized carbons (Fsp3) is 0.0714. The van der Waals surface area contributed by atoms with E-state index in [0.29, 0.717) is 0 Å². The van der Waals surface area contributed by atoms with E-state index in [0.717, 1.165) is 61.7 Å². The summed E-state index contributed by atoms with van der Waals surface area (Å²) in [5, 5.41) is 0. The van der Waals surface area contributed by atoms with Crippen molar-refractivity contribution in [3.63, 3.8) is 0 Å². The number of nitrogens with one attached hydrogen (secondary N) is 2. The molecule has 34 heavy (non-hydrogen) atoms. The molecular weight excluding hydrogens is 462 g/mol. The van der Waals surface area contributed by atoms with E-state index in [2.05, 4.69) is 102 Å². The molecule has 0 saturated carbocycles.